The molecule has 2 amide bonds. The first-order chi connectivity index (χ1) is 11.0. The number of carbonyl (C=O) groups is 1. The van der Waals surface area contributed by atoms with Gasteiger partial charge < -0.3 is 20.5 Å². The molecule has 0 atom stereocenters. The van der Waals surface area contributed by atoms with Crippen LogP contribution in [0.25, 0.3) is 0 Å². The van der Waals surface area contributed by atoms with Crippen molar-refractivity contribution < 1.29 is 19.0 Å². The van der Waals surface area contributed by atoms with E-state index in [1.807, 2.05) is 6.07 Å². The molecule has 1 aliphatic carbocycles. The molecular formula is C17H23FN2O3. The SMILES string of the molecule is O=C(NCC1(O)CCOCC1)NCC1(c2ccccc2F)CC1. The maximum Gasteiger partial charge on any atom is 0.314 e. The number of aliphatic hydroxyl groups is 1. The molecule has 0 bridgehead atoms. The quantitative estimate of drug-likeness (QED) is 0.773. The van der Waals surface area contributed by atoms with Crippen molar-refractivity contribution in [3.63, 3.8) is 0 Å². The smallest absolute Gasteiger partial charge is 0.314 e. The minimum atomic E-state index is -0.890. The highest BCUT2D eigenvalue weighted by Gasteiger charge is 2.46. The lowest BCUT2D eigenvalue weighted by atomic mass is 9.94. The standard InChI is InChI=1S/C17H23FN2O3/c18-14-4-2-1-3-13(14)16(5-6-16)11-19-15(21)20-12-17(22)7-9-23-10-8-17/h1-4,22H,5-12H2,(H2,19,20,21). The van der Waals surface area contributed by atoms with Gasteiger partial charge in [0.05, 0.1) is 5.60 Å². The van der Waals surface area contributed by atoms with E-state index >= 15 is 0 Å². The Balaban J connectivity index is 1.48. The van der Waals surface area contributed by atoms with Gasteiger partial charge >= 0.3 is 6.03 Å². The van der Waals surface area contributed by atoms with E-state index in [1.54, 1.807) is 12.1 Å². The van der Waals surface area contributed by atoms with Gasteiger partial charge in [0.25, 0.3) is 0 Å². The Morgan fingerprint density at radius 2 is 1.78 bits per heavy atom. The largest absolute Gasteiger partial charge is 0.388 e. The molecule has 6 heteroatoms. The molecule has 1 aliphatic heterocycles. The minimum Gasteiger partial charge on any atom is -0.388 e. The second kappa shape index (κ2) is 6.45. The van der Waals surface area contributed by atoms with Crippen molar-refractivity contribution in [3.8, 4) is 0 Å². The van der Waals surface area contributed by atoms with Crippen molar-refractivity contribution in [2.75, 3.05) is 26.3 Å². The van der Waals surface area contributed by atoms with E-state index in [2.05, 4.69) is 10.6 Å². The number of hydrogen-bond acceptors (Lipinski definition) is 3. The summed E-state index contributed by atoms with van der Waals surface area (Å²) in [5.41, 5.74) is -0.500. The molecule has 3 rings (SSSR count). The number of nitrogens with one attached hydrogen (secondary N) is 2. The average Bonchev–Trinajstić information content (AvgIpc) is 3.33. The van der Waals surface area contributed by atoms with Crippen LogP contribution in [0.15, 0.2) is 24.3 Å². The third-order valence-corrected chi connectivity index (χ3v) is 4.89. The van der Waals surface area contributed by atoms with Crippen LogP contribution in [-0.2, 0) is 10.2 Å². The van der Waals surface area contributed by atoms with Gasteiger partial charge in [0, 0.05) is 44.6 Å². The maximum absolute atomic E-state index is 13.9. The van der Waals surface area contributed by atoms with Gasteiger partial charge in [0.2, 0.25) is 0 Å². The van der Waals surface area contributed by atoms with Crippen LogP contribution < -0.4 is 10.6 Å². The Hall–Kier alpha value is -1.66. The normalized spacial score (nSPS) is 21.5. The molecule has 1 heterocycles. The molecule has 1 saturated carbocycles. The molecule has 2 fully saturated rings. The summed E-state index contributed by atoms with van der Waals surface area (Å²) in [6.45, 7) is 1.63. The number of rotatable bonds is 5. The number of halogens is 1. The molecule has 5 nitrogen and oxygen atoms in total. The molecule has 3 N–H and O–H groups in total. The summed E-state index contributed by atoms with van der Waals surface area (Å²) in [7, 11) is 0. The molecule has 1 saturated heterocycles. The summed E-state index contributed by atoms with van der Waals surface area (Å²) in [6.07, 6.45) is 2.78. The van der Waals surface area contributed by atoms with Crippen molar-refractivity contribution in [3.05, 3.63) is 35.6 Å². The third-order valence-electron chi connectivity index (χ3n) is 4.89. The zero-order valence-electron chi connectivity index (χ0n) is 13.1. The summed E-state index contributed by atoms with van der Waals surface area (Å²) in [6, 6.07) is 6.40. The summed E-state index contributed by atoms with van der Waals surface area (Å²) < 4.78 is 19.1. The zero-order valence-corrected chi connectivity index (χ0v) is 13.1. The second-order valence-electron chi connectivity index (χ2n) is 6.63. The van der Waals surface area contributed by atoms with Gasteiger partial charge in [-0.1, -0.05) is 18.2 Å². The van der Waals surface area contributed by atoms with Crippen LogP contribution in [0.2, 0.25) is 0 Å². The summed E-state index contributed by atoms with van der Waals surface area (Å²) in [5.74, 6) is -0.219. The van der Waals surface area contributed by atoms with Crippen LogP contribution in [0.5, 0.6) is 0 Å². The molecule has 1 aromatic rings. The highest BCUT2D eigenvalue weighted by molar-refractivity contribution is 5.74. The van der Waals surface area contributed by atoms with Crippen molar-refractivity contribution in [2.45, 2.75) is 36.7 Å². The Labute approximate surface area is 135 Å². The maximum atomic E-state index is 13.9. The molecular weight excluding hydrogens is 299 g/mol. The van der Waals surface area contributed by atoms with E-state index in [4.69, 9.17) is 4.74 Å². The molecule has 23 heavy (non-hydrogen) atoms. The van der Waals surface area contributed by atoms with Crippen molar-refractivity contribution >= 4 is 6.03 Å². The molecule has 126 valence electrons. The number of hydrogen-bond donors (Lipinski definition) is 3. The van der Waals surface area contributed by atoms with Gasteiger partial charge in [-0.2, -0.15) is 0 Å². The molecule has 2 aliphatic rings. The van der Waals surface area contributed by atoms with Crippen LogP contribution in [0.1, 0.15) is 31.2 Å². The number of benzene rings is 1. The van der Waals surface area contributed by atoms with Crippen LogP contribution in [0.4, 0.5) is 9.18 Å². The van der Waals surface area contributed by atoms with Gasteiger partial charge in [-0.15, -0.1) is 0 Å². The molecule has 0 spiro atoms. The fraction of sp³-hybridized carbons (Fsp3) is 0.588. The lowest BCUT2D eigenvalue weighted by molar-refractivity contribution is -0.0600. The summed E-state index contributed by atoms with van der Waals surface area (Å²) >= 11 is 0. The average molecular weight is 322 g/mol. The predicted octanol–water partition coefficient (Wildman–Crippen LogP) is 1.70. The van der Waals surface area contributed by atoms with Crippen molar-refractivity contribution in [1.29, 1.82) is 0 Å². The molecule has 0 radical (unpaired) electrons. The van der Waals surface area contributed by atoms with E-state index < -0.39 is 5.60 Å². The van der Waals surface area contributed by atoms with Crippen LogP contribution in [0.3, 0.4) is 0 Å². The van der Waals surface area contributed by atoms with E-state index in [0.29, 0.717) is 38.2 Å². The number of amides is 2. The van der Waals surface area contributed by atoms with Gasteiger partial charge in [0.15, 0.2) is 0 Å². The number of urea groups is 1. The summed E-state index contributed by atoms with van der Waals surface area (Å²) in [5, 5.41) is 15.8. The minimum absolute atomic E-state index is 0.203. The zero-order chi connectivity index (χ0) is 16.3. The first-order valence-corrected chi connectivity index (χ1v) is 8.10. The first-order valence-electron chi connectivity index (χ1n) is 8.10. The van der Waals surface area contributed by atoms with Crippen molar-refractivity contribution in [1.82, 2.24) is 10.6 Å². The van der Waals surface area contributed by atoms with Gasteiger partial charge in [0.1, 0.15) is 5.82 Å². The topological polar surface area (TPSA) is 70.6 Å². The number of carbonyl (C=O) groups excluding carboxylic acids is 1. The summed E-state index contributed by atoms with van der Waals surface area (Å²) in [4.78, 5) is 12.0. The molecule has 0 aromatic heterocycles. The van der Waals surface area contributed by atoms with E-state index in [1.165, 1.54) is 6.07 Å². The van der Waals surface area contributed by atoms with Crippen LogP contribution >= 0.6 is 0 Å². The van der Waals surface area contributed by atoms with E-state index in [9.17, 15) is 14.3 Å². The van der Waals surface area contributed by atoms with Crippen LogP contribution in [-0.4, -0.2) is 43.0 Å². The van der Waals surface area contributed by atoms with Gasteiger partial charge in [-0.3, -0.25) is 0 Å². The highest BCUT2D eigenvalue weighted by atomic mass is 19.1. The monoisotopic (exact) mass is 322 g/mol. The fourth-order valence-corrected chi connectivity index (χ4v) is 3.07. The van der Waals surface area contributed by atoms with Crippen LogP contribution in [0, 0.1) is 5.82 Å². The van der Waals surface area contributed by atoms with Crippen molar-refractivity contribution in [2.24, 2.45) is 0 Å². The Kier molecular flexibility index (Phi) is 4.55. The lowest BCUT2D eigenvalue weighted by Gasteiger charge is -2.32. The second-order valence-corrected chi connectivity index (χ2v) is 6.63. The Bertz CT molecular complexity index is 569. The fourth-order valence-electron chi connectivity index (χ4n) is 3.07. The lowest BCUT2D eigenvalue weighted by Crippen LogP contribution is -2.50. The first kappa shape index (κ1) is 16.2. The highest BCUT2D eigenvalue weighted by Crippen LogP contribution is 2.48. The third kappa shape index (κ3) is 3.82. The predicted molar refractivity (Wildman–Crippen MR) is 83.7 cm³/mol. The Morgan fingerprint density at radius 1 is 1.13 bits per heavy atom. The van der Waals surface area contributed by atoms with Gasteiger partial charge in [-0.05, 0) is 24.5 Å². The molecule has 0 unspecified atom stereocenters. The molecule has 1 aromatic carbocycles. The van der Waals surface area contributed by atoms with E-state index in [0.717, 1.165) is 12.8 Å². The van der Waals surface area contributed by atoms with E-state index in [-0.39, 0.29) is 23.8 Å². The van der Waals surface area contributed by atoms with Gasteiger partial charge in [-0.25, -0.2) is 9.18 Å². The Morgan fingerprint density at radius 3 is 2.43 bits per heavy atom. The number of ether oxygens (including phenoxy) is 1.